The molecule has 2 aromatic carbocycles. The Morgan fingerprint density at radius 3 is 1.40 bits per heavy atom. The molecular weight excluding hydrogens is 460 g/mol. The summed E-state index contributed by atoms with van der Waals surface area (Å²) < 4.78 is 3.61. The van der Waals surface area contributed by atoms with Crippen LogP contribution < -0.4 is 35.3 Å². The Kier molecular flexibility index (Phi) is 35.8. The van der Waals surface area contributed by atoms with Crippen LogP contribution in [0.2, 0.25) is 0 Å². The average molecular weight is 496 g/mol. The summed E-state index contributed by atoms with van der Waals surface area (Å²) in [5, 5.41) is 0. The van der Waals surface area contributed by atoms with Gasteiger partial charge in [-0.1, -0.05) is 74.0 Å². The van der Waals surface area contributed by atoms with Crippen molar-refractivity contribution >= 4 is 32.2 Å². The number of aldehydes is 1. The summed E-state index contributed by atoms with van der Waals surface area (Å²) in [6.45, 7) is 7.83. The number of aryl methyl sites for hydroxylation is 1. The van der Waals surface area contributed by atoms with E-state index in [4.69, 9.17) is 10.5 Å². The average Bonchev–Trinajstić information content (AvgIpc) is 2.84. The maximum absolute atomic E-state index is 9.85. The zero-order valence-electron chi connectivity index (χ0n) is 21.7. The molecule has 0 unspecified atom stereocenters. The molecule has 2 aromatic rings. The molecule has 2 N–H and O–H groups in total. The van der Waals surface area contributed by atoms with E-state index in [0.717, 1.165) is 20.1 Å². The van der Waals surface area contributed by atoms with E-state index in [1.807, 2.05) is 30.3 Å². The SMILES string of the molecule is CC(=O)OOC(C)=O.CC=O.CCCCc1ccccc1.NCc1ccccc1.[B-]OC(C)=O.[Na+]. The first-order valence-corrected chi connectivity index (χ1v) is 10.6. The summed E-state index contributed by atoms with van der Waals surface area (Å²) in [7, 11) is 4.32. The standard InChI is InChI=1S/C10H14.C7H9N.C4H6O4.C2H3BO2.C2H4O.Na/c1-2-3-7-10-8-5-4-6-9-10;8-6-7-4-2-1-3-5-7;1-3(5)7-8-4(2)6;1-2(4)5-3;1-2-3;/h4-6,8-9H,2-3,7H2,1H3;1-5H,6,8H2;1-2H3;1H3;2H,1H3;/q;;;-1;;+1. The first-order valence-electron chi connectivity index (χ1n) is 10.6. The second-order valence-corrected chi connectivity index (χ2v) is 6.27. The number of unbranched alkanes of at least 4 members (excludes halogenated alkanes) is 1. The molecule has 10 heteroatoms. The van der Waals surface area contributed by atoms with Crippen molar-refractivity contribution in [2.45, 2.75) is 60.4 Å². The molecule has 0 heterocycles. The van der Waals surface area contributed by atoms with Crippen LogP contribution in [0.3, 0.4) is 0 Å². The predicted molar refractivity (Wildman–Crippen MR) is 132 cm³/mol. The molecule has 0 atom stereocenters. The minimum Gasteiger partial charge on any atom is -0.793 e. The van der Waals surface area contributed by atoms with E-state index in [1.165, 1.54) is 44.2 Å². The van der Waals surface area contributed by atoms with Crippen LogP contribution >= 0.6 is 0 Å². The van der Waals surface area contributed by atoms with E-state index in [1.54, 1.807) is 0 Å². The monoisotopic (exact) mass is 496 g/mol. The van der Waals surface area contributed by atoms with Crippen LogP contribution in [-0.2, 0) is 46.6 Å². The molecule has 0 saturated carbocycles. The molecule has 0 aliphatic carbocycles. The fourth-order valence-electron chi connectivity index (χ4n) is 1.76. The predicted octanol–water partition coefficient (Wildman–Crippen LogP) is 1.04. The molecule has 3 radical (unpaired) electrons. The van der Waals surface area contributed by atoms with E-state index in [0.29, 0.717) is 6.54 Å². The zero-order chi connectivity index (χ0) is 26.6. The van der Waals surface area contributed by atoms with Gasteiger partial charge in [-0.05, 0) is 30.9 Å². The molecule has 0 aliphatic heterocycles. The molecule has 8 nitrogen and oxygen atoms in total. The summed E-state index contributed by atoms with van der Waals surface area (Å²) in [4.78, 5) is 45.6. The molecule has 0 aromatic heterocycles. The summed E-state index contributed by atoms with van der Waals surface area (Å²) in [5.74, 6) is -1.74. The van der Waals surface area contributed by atoms with Crippen LogP contribution in [0.5, 0.6) is 0 Å². The summed E-state index contributed by atoms with van der Waals surface area (Å²) in [5.41, 5.74) is 8.00. The second-order valence-electron chi connectivity index (χ2n) is 6.27. The number of hydrogen-bond acceptors (Lipinski definition) is 8. The largest absolute Gasteiger partial charge is 1.00 e. The van der Waals surface area contributed by atoms with E-state index in [-0.39, 0.29) is 29.6 Å². The van der Waals surface area contributed by atoms with Gasteiger partial charge in [-0.15, -0.1) is 0 Å². The Bertz CT molecular complexity index is 749. The Hall–Kier alpha value is -2.46. The van der Waals surface area contributed by atoms with Gasteiger partial charge in [-0.2, -0.15) is 0 Å². The first-order chi connectivity index (χ1) is 16.2. The minimum absolute atomic E-state index is 0. The normalized spacial score (nSPS) is 7.97. The van der Waals surface area contributed by atoms with Gasteiger partial charge in [0.1, 0.15) is 6.29 Å². The fourth-order valence-corrected chi connectivity index (χ4v) is 1.76. The van der Waals surface area contributed by atoms with Gasteiger partial charge in [0.25, 0.3) is 0 Å². The van der Waals surface area contributed by atoms with Gasteiger partial charge in [0, 0.05) is 27.3 Å². The molecule has 0 amide bonds. The molecule has 0 spiro atoms. The minimum atomic E-state index is -0.639. The number of nitrogens with two attached hydrogens (primary N) is 1. The van der Waals surface area contributed by atoms with Crippen molar-refractivity contribution in [2.75, 3.05) is 0 Å². The van der Waals surface area contributed by atoms with Gasteiger partial charge < -0.3 is 23.2 Å². The number of carbonyl (C=O) groups is 4. The van der Waals surface area contributed by atoms with E-state index in [2.05, 4.69) is 59.7 Å². The van der Waals surface area contributed by atoms with Crippen molar-refractivity contribution in [2.24, 2.45) is 5.73 Å². The molecule has 35 heavy (non-hydrogen) atoms. The van der Waals surface area contributed by atoms with Crippen LogP contribution in [0.1, 0.15) is 58.6 Å². The van der Waals surface area contributed by atoms with Crippen LogP contribution in [0, 0.1) is 0 Å². The molecule has 0 fully saturated rings. The number of benzene rings is 2. The van der Waals surface area contributed by atoms with Gasteiger partial charge in [0.2, 0.25) is 5.97 Å². The fraction of sp³-hybridized carbons (Fsp3) is 0.360. The molecule has 0 bridgehead atoms. The molecule has 2 rings (SSSR count). The quantitative estimate of drug-likeness (QED) is 0.289. The van der Waals surface area contributed by atoms with Gasteiger partial charge >= 0.3 is 41.5 Å². The van der Waals surface area contributed by atoms with Crippen LogP contribution in [0.4, 0.5) is 0 Å². The molecule has 0 aliphatic rings. The maximum atomic E-state index is 9.85. The molecular formula is C25H36BNNaO7. The summed E-state index contributed by atoms with van der Waals surface area (Å²) >= 11 is 0. The van der Waals surface area contributed by atoms with Crippen molar-refractivity contribution in [1.82, 2.24) is 0 Å². The van der Waals surface area contributed by atoms with Crippen molar-refractivity contribution in [1.29, 1.82) is 0 Å². The third-order valence-corrected chi connectivity index (χ3v) is 3.18. The Morgan fingerprint density at radius 1 is 0.829 bits per heavy atom. The Balaban J connectivity index is -0.000000178. The van der Waals surface area contributed by atoms with Gasteiger partial charge in [-0.25, -0.2) is 19.4 Å². The van der Waals surface area contributed by atoms with E-state index < -0.39 is 17.9 Å². The Morgan fingerprint density at radius 2 is 1.17 bits per heavy atom. The van der Waals surface area contributed by atoms with Crippen molar-refractivity contribution < 1.29 is 63.2 Å². The third kappa shape index (κ3) is 39.1. The van der Waals surface area contributed by atoms with Gasteiger partial charge in [0.05, 0.1) is 0 Å². The van der Waals surface area contributed by atoms with Crippen LogP contribution in [0.25, 0.3) is 0 Å². The summed E-state index contributed by atoms with van der Waals surface area (Å²) in [6.07, 6.45) is 4.58. The topological polar surface area (TPSA) is 122 Å². The smallest absolute Gasteiger partial charge is 0.793 e. The second kappa shape index (κ2) is 31.5. The van der Waals surface area contributed by atoms with Gasteiger partial charge in [-0.3, -0.25) is 4.79 Å². The zero-order valence-corrected chi connectivity index (χ0v) is 23.7. The number of carbonyl (C=O) groups excluding carboxylic acids is 4. The van der Waals surface area contributed by atoms with Crippen LogP contribution in [0.15, 0.2) is 60.7 Å². The van der Waals surface area contributed by atoms with Crippen LogP contribution in [-0.4, -0.2) is 32.2 Å². The van der Waals surface area contributed by atoms with E-state index in [9.17, 15) is 14.4 Å². The van der Waals surface area contributed by atoms with Crippen molar-refractivity contribution in [3.05, 3.63) is 71.8 Å². The molecule has 187 valence electrons. The summed E-state index contributed by atoms with van der Waals surface area (Å²) in [6, 6.07) is 20.6. The van der Waals surface area contributed by atoms with Crippen molar-refractivity contribution in [3.63, 3.8) is 0 Å². The number of rotatable bonds is 4. The number of hydrogen-bond donors (Lipinski definition) is 1. The van der Waals surface area contributed by atoms with Gasteiger partial charge in [0.15, 0.2) is 0 Å². The third-order valence-electron chi connectivity index (χ3n) is 3.18. The maximum Gasteiger partial charge on any atom is 1.00 e. The Labute approximate surface area is 232 Å². The van der Waals surface area contributed by atoms with E-state index >= 15 is 0 Å². The van der Waals surface area contributed by atoms with Crippen molar-refractivity contribution in [3.8, 4) is 0 Å². The first kappa shape index (κ1) is 39.7. The molecule has 0 saturated heterocycles.